The predicted molar refractivity (Wildman–Crippen MR) is 107 cm³/mol. The van der Waals surface area contributed by atoms with Crippen LogP contribution in [0.15, 0.2) is 36.7 Å². The molecule has 3 heterocycles. The van der Waals surface area contributed by atoms with Crippen LogP contribution in [0.2, 0.25) is 5.02 Å². The van der Waals surface area contributed by atoms with Crippen molar-refractivity contribution < 1.29 is 4.79 Å². The zero-order valence-electron chi connectivity index (χ0n) is 15.4. The summed E-state index contributed by atoms with van der Waals surface area (Å²) in [4.78, 5) is 20.0. The van der Waals surface area contributed by atoms with E-state index in [-0.39, 0.29) is 0 Å². The van der Waals surface area contributed by atoms with Crippen LogP contribution in [-0.2, 0) is 11.2 Å². The third kappa shape index (κ3) is 6.08. The van der Waals surface area contributed by atoms with Crippen LogP contribution in [0.3, 0.4) is 0 Å². The Bertz CT molecular complexity index is 842. The van der Waals surface area contributed by atoms with Gasteiger partial charge in [0.1, 0.15) is 5.82 Å². The van der Waals surface area contributed by atoms with Crippen LogP contribution >= 0.6 is 11.6 Å². The van der Waals surface area contributed by atoms with Crippen molar-refractivity contribution in [1.82, 2.24) is 14.9 Å². The SMILES string of the molecule is CCc1cnc(C2=CCN(C#N)CC2)c(C)c1.O=CNc1ccc(Cl)cn1. The number of nitrogens with one attached hydrogen (secondary N) is 1. The van der Waals surface area contributed by atoms with Crippen molar-refractivity contribution in [1.29, 1.82) is 5.26 Å². The molecule has 1 amide bonds. The van der Waals surface area contributed by atoms with Crippen LogP contribution in [-0.4, -0.2) is 34.4 Å². The molecule has 0 aliphatic carbocycles. The summed E-state index contributed by atoms with van der Waals surface area (Å²) in [6.45, 7) is 5.77. The Balaban J connectivity index is 0.000000223. The standard InChI is InChI=1S/C14H17N3.C6H5ClN2O/c1-3-12-8-11(2)14(16-9-12)13-4-6-17(10-15)7-5-13;7-5-1-2-6(8-3-5)9-4-10/h4,8-9H,3,5-7H2,1-2H3;1-4H,(H,8,9,10). The van der Waals surface area contributed by atoms with Gasteiger partial charge in [0.05, 0.1) is 10.7 Å². The molecule has 1 aliphatic heterocycles. The molecule has 27 heavy (non-hydrogen) atoms. The van der Waals surface area contributed by atoms with E-state index >= 15 is 0 Å². The normalized spacial score (nSPS) is 13.0. The van der Waals surface area contributed by atoms with Gasteiger partial charge in [0.25, 0.3) is 0 Å². The fourth-order valence-corrected chi connectivity index (χ4v) is 2.77. The van der Waals surface area contributed by atoms with Crippen molar-refractivity contribution in [3.8, 4) is 6.19 Å². The van der Waals surface area contributed by atoms with E-state index in [9.17, 15) is 4.79 Å². The van der Waals surface area contributed by atoms with E-state index in [1.165, 1.54) is 22.9 Å². The zero-order valence-corrected chi connectivity index (χ0v) is 16.2. The summed E-state index contributed by atoms with van der Waals surface area (Å²) >= 11 is 5.53. The summed E-state index contributed by atoms with van der Waals surface area (Å²) in [5.41, 5.74) is 4.89. The second kappa shape index (κ2) is 10.3. The largest absolute Gasteiger partial charge is 0.313 e. The molecule has 0 unspecified atom stereocenters. The number of pyridine rings is 2. The maximum absolute atomic E-state index is 9.88. The molecule has 6 nitrogen and oxygen atoms in total. The molecule has 2 aromatic heterocycles. The maximum Gasteiger partial charge on any atom is 0.212 e. The van der Waals surface area contributed by atoms with Crippen molar-refractivity contribution in [2.45, 2.75) is 26.7 Å². The molecular formula is C20H22ClN5O. The van der Waals surface area contributed by atoms with Crippen molar-refractivity contribution in [2.75, 3.05) is 18.4 Å². The highest BCUT2D eigenvalue weighted by Crippen LogP contribution is 2.23. The summed E-state index contributed by atoms with van der Waals surface area (Å²) in [5.74, 6) is 0.499. The Morgan fingerprint density at radius 3 is 2.70 bits per heavy atom. The molecule has 0 bridgehead atoms. The van der Waals surface area contributed by atoms with Gasteiger partial charge in [0.2, 0.25) is 6.41 Å². The topological polar surface area (TPSA) is 81.9 Å². The molecule has 3 rings (SSSR count). The molecule has 0 saturated heterocycles. The minimum absolute atomic E-state index is 0.499. The first kappa shape index (κ1) is 20.4. The average molecular weight is 384 g/mol. The number of anilines is 1. The Kier molecular flexibility index (Phi) is 7.78. The smallest absolute Gasteiger partial charge is 0.212 e. The van der Waals surface area contributed by atoms with Crippen LogP contribution in [0.5, 0.6) is 0 Å². The Morgan fingerprint density at radius 1 is 1.37 bits per heavy atom. The minimum Gasteiger partial charge on any atom is -0.313 e. The van der Waals surface area contributed by atoms with Crippen molar-refractivity contribution in [2.24, 2.45) is 0 Å². The first-order valence-electron chi connectivity index (χ1n) is 8.68. The fourth-order valence-electron chi connectivity index (χ4n) is 2.66. The van der Waals surface area contributed by atoms with Gasteiger partial charge in [0.15, 0.2) is 6.19 Å². The van der Waals surface area contributed by atoms with Crippen LogP contribution in [0, 0.1) is 18.4 Å². The third-order valence-corrected chi connectivity index (χ3v) is 4.36. The van der Waals surface area contributed by atoms with Gasteiger partial charge in [-0.15, -0.1) is 0 Å². The summed E-state index contributed by atoms with van der Waals surface area (Å²) in [5, 5.41) is 11.7. The highest BCUT2D eigenvalue weighted by molar-refractivity contribution is 6.30. The molecule has 2 aromatic rings. The first-order chi connectivity index (χ1) is 13.1. The molecule has 0 spiro atoms. The molecule has 0 radical (unpaired) electrons. The average Bonchev–Trinajstić information content (AvgIpc) is 2.70. The van der Waals surface area contributed by atoms with Crippen molar-refractivity contribution >= 4 is 29.4 Å². The highest BCUT2D eigenvalue weighted by atomic mass is 35.5. The van der Waals surface area contributed by atoms with E-state index in [0.717, 1.165) is 25.1 Å². The summed E-state index contributed by atoms with van der Waals surface area (Å²) in [6, 6.07) is 5.48. The lowest BCUT2D eigenvalue weighted by molar-refractivity contribution is -0.105. The monoisotopic (exact) mass is 383 g/mol. The second-order valence-electron chi connectivity index (χ2n) is 6.01. The van der Waals surface area contributed by atoms with Gasteiger partial charge in [-0.05, 0) is 48.6 Å². The number of aryl methyl sites for hydroxylation is 2. The quantitative estimate of drug-likeness (QED) is 0.641. The van der Waals surface area contributed by atoms with E-state index < -0.39 is 0 Å². The van der Waals surface area contributed by atoms with Gasteiger partial charge < -0.3 is 10.2 Å². The Hall–Kier alpha value is -2.91. The fraction of sp³-hybridized carbons (Fsp3) is 0.300. The molecule has 0 atom stereocenters. The van der Waals surface area contributed by atoms with Gasteiger partial charge in [-0.3, -0.25) is 9.78 Å². The number of hydrogen-bond acceptors (Lipinski definition) is 5. The lowest BCUT2D eigenvalue weighted by Gasteiger charge is -2.21. The molecule has 140 valence electrons. The number of carbonyl (C=O) groups is 1. The summed E-state index contributed by atoms with van der Waals surface area (Å²) in [7, 11) is 0. The molecule has 1 aliphatic rings. The minimum atomic E-state index is 0.499. The predicted octanol–water partition coefficient (Wildman–Crippen LogP) is 3.83. The van der Waals surface area contributed by atoms with E-state index in [4.69, 9.17) is 16.9 Å². The number of halogens is 1. The lowest BCUT2D eigenvalue weighted by Crippen LogP contribution is -2.23. The summed E-state index contributed by atoms with van der Waals surface area (Å²) in [6.07, 6.45) is 10.2. The molecule has 1 N–H and O–H groups in total. The van der Waals surface area contributed by atoms with E-state index in [1.54, 1.807) is 17.0 Å². The van der Waals surface area contributed by atoms with Crippen LogP contribution < -0.4 is 5.32 Å². The number of hydrogen-bond donors (Lipinski definition) is 1. The van der Waals surface area contributed by atoms with Crippen molar-refractivity contribution in [3.05, 3.63) is 58.5 Å². The second-order valence-corrected chi connectivity index (χ2v) is 6.45. The molecule has 0 aromatic carbocycles. The van der Waals surface area contributed by atoms with E-state index in [2.05, 4.69) is 47.5 Å². The van der Waals surface area contributed by atoms with Gasteiger partial charge in [0, 0.05) is 25.5 Å². The Labute approximate surface area is 164 Å². The number of rotatable bonds is 4. The maximum atomic E-state index is 9.88. The molecule has 0 fully saturated rings. The van der Waals surface area contributed by atoms with Crippen LogP contribution in [0.25, 0.3) is 5.57 Å². The van der Waals surface area contributed by atoms with Gasteiger partial charge in [-0.2, -0.15) is 5.26 Å². The number of aromatic nitrogens is 2. The van der Waals surface area contributed by atoms with Crippen molar-refractivity contribution in [3.63, 3.8) is 0 Å². The lowest BCUT2D eigenvalue weighted by atomic mass is 9.99. The van der Waals surface area contributed by atoms with E-state index in [1.807, 2.05) is 6.20 Å². The first-order valence-corrected chi connectivity index (χ1v) is 9.06. The summed E-state index contributed by atoms with van der Waals surface area (Å²) < 4.78 is 0. The number of nitrogens with zero attached hydrogens (tertiary/aromatic N) is 4. The molecule has 7 heteroatoms. The van der Waals surface area contributed by atoms with Gasteiger partial charge in [-0.25, -0.2) is 4.98 Å². The highest BCUT2D eigenvalue weighted by Gasteiger charge is 2.14. The van der Waals surface area contributed by atoms with E-state index in [0.29, 0.717) is 23.8 Å². The molecular weight excluding hydrogens is 362 g/mol. The van der Waals surface area contributed by atoms with Gasteiger partial charge >= 0.3 is 0 Å². The number of nitriles is 1. The van der Waals surface area contributed by atoms with Crippen LogP contribution in [0.4, 0.5) is 5.82 Å². The zero-order chi connectivity index (χ0) is 19.6. The number of amides is 1. The number of carbonyl (C=O) groups excluding carboxylic acids is 1. The third-order valence-electron chi connectivity index (χ3n) is 4.13. The van der Waals surface area contributed by atoms with Gasteiger partial charge in [-0.1, -0.05) is 30.7 Å². The Morgan fingerprint density at radius 2 is 2.19 bits per heavy atom. The molecule has 0 saturated carbocycles. The van der Waals surface area contributed by atoms with Crippen LogP contribution in [0.1, 0.15) is 30.2 Å².